The number of sulfone groups is 1. The van der Waals surface area contributed by atoms with E-state index in [0.717, 1.165) is 17.0 Å². The zero-order chi connectivity index (χ0) is 19.7. The Kier molecular flexibility index (Phi) is 5.62. The first kappa shape index (κ1) is 19.9. The highest BCUT2D eigenvalue weighted by Crippen LogP contribution is 2.30. The summed E-state index contributed by atoms with van der Waals surface area (Å²) in [6.45, 7) is 0.260. The van der Waals surface area contributed by atoms with Gasteiger partial charge in [-0.05, 0) is 29.5 Å². The highest BCUT2D eigenvalue weighted by molar-refractivity contribution is 7.91. The van der Waals surface area contributed by atoms with Gasteiger partial charge in [0.15, 0.2) is 9.84 Å². The molecule has 0 saturated carbocycles. The van der Waals surface area contributed by atoms with E-state index < -0.39 is 27.6 Å². The number of alkyl halides is 3. The average molecular weight is 417 g/mol. The minimum absolute atomic E-state index is 0.0233. The fraction of sp³-hybridized carbons (Fsp3) is 0.389. The lowest BCUT2D eigenvalue weighted by Gasteiger charge is -2.28. The maximum Gasteiger partial charge on any atom is 0.416 e. The summed E-state index contributed by atoms with van der Waals surface area (Å²) in [7, 11) is -3.19. The lowest BCUT2D eigenvalue weighted by molar-refractivity contribution is -0.138. The summed E-state index contributed by atoms with van der Waals surface area (Å²) in [5.41, 5.74) is -0.548. The monoisotopic (exact) mass is 417 g/mol. The third-order valence-electron chi connectivity index (χ3n) is 4.49. The maximum atomic E-state index is 12.9. The third-order valence-corrected chi connectivity index (χ3v) is 7.10. The number of rotatable bonds is 5. The van der Waals surface area contributed by atoms with Gasteiger partial charge >= 0.3 is 6.18 Å². The molecule has 27 heavy (non-hydrogen) atoms. The van der Waals surface area contributed by atoms with Crippen molar-refractivity contribution in [3.63, 3.8) is 0 Å². The Labute approximate surface area is 159 Å². The molecule has 1 aliphatic heterocycles. The number of carbonyl (C=O) groups excluding carboxylic acids is 1. The summed E-state index contributed by atoms with van der Waals surface area (Å²) in [4.78, 5) is 15.2. The summed E-state index contributed by atoms with van der Waals surface area (Å²) >= 11 is 1.45. The van der Waals surface area contributed by atoms with E-state index in [1.54, 1.807) is 0 Å². The predicted molar refractivity (Wildman–Crippen MR) is 97.1 cm³/mol. The molecule has 0 spiro atoms. The van der Waals surface area contributed by atoms with E-state index in [0.29, 0.717) is 6.42 Å². The largest absolute Gasteiger partial charge is 0.416 e. The molecule has 3 rings (SSSR count). The highest BCUT2D eigenvalue weighted by Gasteiger charge is 2.35. The number of benzene rings is 1. The fourth-order valence-electron chi connectivity index (χ4n) is 3.15. The molecule has 4 nitrogen and oxygen atoms in total. The molecule has 1 aromatic heterocycles. The van der Waals surface area contributed by atoms with Crippen molar-refractivity contribution in [3.8, 4) is 0 Å². The molecule has 0 radical (unpaired) electrons. The first-order chi connectivity index (χ1) is 12.6. The smallest absolute Gasteiger partial charge is 0.333 e. The van der Waals surface area contributed by atoms with Crippen molar-refractivity contribution in [1.29, 1.82) is 0 Å². The third kappa shape index (κ3) is 5.10. The number of carbonyl (C=O) groups is 1. The zero-order valence-electron chi connectivity index (χ0n) is 14.3. The second-order valence-electron chi connectivity index (χ2n) is 6.53. The fourth-order valence-corrected chi connectivity index (χ4v) is 5.58. The van der Waals surface area contributed by atoms with Crippen LogP contribution in [-0.2, 0) is 33.8 Å². The Morgan fingerprint density at radius 1 is 1.22 bits per heavy atom. The number of hydrogen-bond acceptors (Lipinski definition) is 4. The second kappa shape index (κ2) is 7.63. The van der Waals surface area contributed by atoms with Crippen molar-refractivity contribution in [3.05, 3.63) is 57.8 Å². The first-order valence-corrected chi connectivity index (χ1v) is 11.0. The molecule has 9 heteroatoms. The number of hydrogen-bond donors (Lipinski definition) is 0. The van der Waals surface area contributed by atoms with Crippen LogP contribution in [0.1, 0.15) is 22.4 Å². The molecule has 2 heterocycles. The summed E-state index contributed by atoms with van der Waals surface area (Å²) in [5.74, 6) is -0.452. The Bertz CT molecular complexity index is 908. The van der Waals surface area contributed by atoms with Crippen LogP contribution in [0.15, 0.2) is 41.8 Å². The topological polar surface area (TPSA) is 54.5 Å². The number of halogens is 3. The minimum atomic E-state index is -4.48. The highest BCUT2D eigenvalue weighted by atomic mass is 32.2. The molecule has 1 aromatic carbocycles. The minimum Gasteiger partial charge on any atom is -0.333 e. The van der Waals surface area contributed by atoms with Gasteiger partial charge < -0.3 is 4.90 Å². The Balaban J connectivity index is 1.80. The van der Waals surface area contributed by atoms with E-state index >= 15 is 0 Å². The standard InChI is InChI=1S/C18H18F3NO3S2/c19-18(20,21)14-4-1-3-13(9-14)10-17(23)22(11-16-5-2-7-26-16)15-6-8-27(24,25)12-15/h1-5,7,9,15H,6,8,10-12H2/t15-/m0/s1. The van der Waals surface area contributed by atoms with Gasteiger partial charge in [0.1, 0.15) is 0 Å². The molecule has 1 atom stereocenters. The van der Waals surface area contributed by atoms with Gasteiger partial charge in [-0.25, -0.2) is 8.42 Å². The quantitative estimate of drug-likeness (QED) is 0.748. The van der Waals surface area contributed by atoms with Crippen LogP contribution in [0.2, 0.25) is 0 Å². The Morgan fingerprint density at radius 3 is 2.59 bits per heavy atom. The van der Waals surface area contributed by atoms with Crippen LogP contribution in [0.4, 0.5) is 13.2 Å². The van der Waals surface area contributed by atoms with Gasteiger partial charge in [0.25, 0.3) is 0 Å². The van der Waals surface area contributed by atoms with Crippen LogP contribution < -0.4 is 0 Å². The molecule has 146 valence electrons. The number of nitrogens with zero attached hydrogens (tertiary/aromatic N) is 1. The van der Waals surface area contributed by atoms with Gasteiger partial charge in [0.05, 0.1) is 30.0 Å². The summed E-state index contributed by atoms with van der Waals surface area (Å²) in [6.07, 6.45) is -4.33. The van der Waals surface area contributed by atoms with Gasteiger partial charge in [-0.2, -0.15) is 13.2 Å². The van der Waals surface area contributed by atoms with Crippen molar-refractivity contribution in [2.24, 2.45) is 0 Å². The molecule has 1 aliphatic rings. The van der Waals surface area contributed by atoms with E-state index in [1.165, 1.54) is 28.4 Å². The normalized spacial score (nSPS) is 19.1. The van der Waals surface area contributed by atoms with Gasteiger partial charge in [-0.3, -0.25) is 4.79 Å². The lowest BCUT2D eigenvalue weighted by Crippen LogP contribution is -2.41. The van der Waals surface area contributed by atoms with Gasteiger partial charge in [-0.15, -0.1) is 11.3 Å². The summed E-state index contributed by atoms with van der Waals surface area (Å²) in [5, 5.41) is 1.86. The summed E-state index contributed by atoms with van der Waals surface area (Å²) < 4.78 is 62.3. The van der Waals surface area contributed by atoms with Crippen LogP contribution in [0, 0.1) is 0 Å². The molecule has 0 aliphatic carbocycles. The Morgan fingerprint density at radius 2 is 2.00 bits per heavy atom. The molecular formula is C18H18F3NO3S2. The van der Waals surface area contributed by atoms with Gasteiger partial charge in [0.2, 0.25) is 5.91 Å². The van der Waals surface area contributed by atoms with E-state index in [4.69, 9.17) is 0 Å². The number of thiophene rings is 1. The first-order valence-electron chi connectivity index (χ1n) is 8.32. The van der Waals surface area contributed by atoms with Crippen molar-refractivity contribution >= 4 is 27.1 Å². The zero-order valence-corrected chi connectivity index (χ0v) is 15.9. The van der Waals surface area contributed by atoms with Crippen LogP contribution in [0.5, 0.6) is 0 Å². The molecule has 2 aromatic rings. The van der Waals surface area contributed by atoms with Gasteiger partial charge in [0, 0.05) is 10.9 Å². The van der Waals surface area contributed by atoms with Crippen LogP contribution in [0.25, 0.3) is 0 Å². The van der Waals surface area contributed by atoms with Crippen molar-refractivity contribution < 1.29 is 26.4 Å². The van der Waals surface area contributed by atoms with Crippen molar-refractivity contribution in [2.45, 2.75) is 31.6 Å². The number of amides is 1. The predicted octanol–water partition coefficient (Wildman–Crippen LogP) is 3.53. The molecule has 1 fully saturated rings. The van der Waals surface area contributed by atoms with E-state index in [2.05, 4.69) is 0 Å². The van der Waals surface area contributed by atoms with Crippen LogP contribution in [0.3, 0.4) is 0 Å². The van der Waals surface area contributed by atoms with Crippen molar-refractivity contribution in [1.82, 2.24) is 4.90 Å². The molecule has 1 saturated heterocycles. The van der Waals surface area contributed by atoms with E-state index in [9.17, 15) is 26.4 Å². The molecular weight excluding hydrogens is 399 g/mol. The maximum absolute atomic E-state index is 12.9. The lowest BCUT2D eigenvalue weighted by atomic mass is 10.1. The second-order valence-corrected chi connectivity index (χ2v) is 9.79. The molecule has 0 bridgehead atoms. The SMILES string of the molecule is O=C(Cc1cccc(C(F)(F)F)c1)N(Cc1cccs1)[C@H]1CCS(=O)(=O)C1. The summed E-state index contributed by atoms with van der Waals surface area (Å²) in [6, 6.07) is 7.90. The van der Waals surface area contributed by atoms with Gasteiger partial charge in [-0.1, -0.05) is 24.3 Å². The Hall–Kier alpha value is -1.87. The van der Waals surface area contributed by atoms with Crippen LogP contribution in [-0.4, -0.2) is 36.8 Å². The molecule has 0 unspecified atom stereocenters. The van der Waals surface area contributed by atoms with Crippen molar-refractivity contribution in [2.75, 3.05) is 11.5 Å². The van der Waals surface area contributed by atoms with Crippen LogP contribution >= 0.6 is 11.3 Å². The molecule has 0 N–H and O–H groups in total. The van der Waals surface area contributed by atoms with E-state index in [-0.39, 0.29) is 35.9 Å². The molecule has 1 amide bonds. The average Bonchev–Trinajstić information content (AvgIpc) is 3.21. The van der Waals surface area contributed by atoms with E-state index in [1.807, 2.05) is 17.5 Å².